The minimum Gasteiger partial charge on any atom is -0.335 e. The zero-order chi connectivity index (χ0) is 23.4. The van der Waals surface area contributed by atoms with Crippen LogP contribution < -0.4 is 0 Å². The summed E-state index contributed by atoms with van der Waals surface area (Å²) in [5.74, 6) is -0.535. The van der Waals surface area contributed by atoms with E-state index in [4.69, 9.17) is 11.6 Å². The summed E-state index contributed by atoms with van der Waals surface area (Å²) in [6, 6.07) is 20.7. The lowest BCUT2D eigenvalue weighted by Gasteiger charge is -2.39. The van der Waals surface area contributed by atoms with Crippen LogP contribution in [-0.4, -0.2) is 66.0 Å². The van der Waals surface area contributed by atoms with Crippen molar-refractivity contribution >= 4 is 27.3 Å². The second-order valence-corrected chi connectivity index (χ2v) is 10.4. The Morgan fingerprint density at radius 2 is 1.52 bits per heavy atom. The molecule has 2 heterocycles. The van der Waals surface area contributed by atoms with Crippen LogP contribution in [0, 0.1) is 0 Å². The first-order valence-electron chi connectivity index (χ1n) is 10.8. The van der Waals surface area contributed by atoms with Gasteiger partial charge in [-0.25, -0.2) is 18.4 Å². The maximum atomic E-state index is 13.1. The molecule has 9 heteroatoms. The Bertz CT molecular complexity index is 1180. The fraction of sp³-hybridized carbons (Fsp3) is 0.292. The first kappa shape index (κ1) is 23.4. The van der Waals surface area contributed by atoms with Gasteiger partial charge in [-0.2, -0.15) is 0 Å². The van der Waals surface area contributed by atoms with E-state index >= 15 is 0 Å². The van der Waals surface area contributed by atoms with E-state index in [1.54, 1.807) is 4.90 Å². The molecule has 0 spiro atoms. The Morgan fingerprint density at radius 3 is 2.03 bits per heavy atom. The summed E-state index contributed by atoms with van der Waals surface area (Å²) in [6.45, 7) is 3.77. The largest absolute Gasteiger partial charge is 0.335 e. The molecule has 0 aliphatic carbocycles. The van der Waals surface area contributed by atoms with Gasteiger partial charge < -0.3 is 4.90 Å². The van der Waals surface area contributed by atoms with Crippen molar-refractivity contribution in [2.24, 2.45) is 0 Å². The predicted molar refractivity (Wildman–Crippen MR) is 127 cm³/mol. The number of carbonyl (C=O) groups is 1. The van der Waals surface area contributed by atoms with Gasteiger partial charge in [0.15, 0.2) is 5.69 Å². The average Bonchev–Trinajstić information content (AvgIpc) is 2.86. The highest BCUT2D eigenvalue weighted by atomic mass is 35.5. The minimum atomic E-state index is -3.64. The van der Waals surface area contributed by atoms with Crippen molar-refractivity contribution in [3.8, 4) is 0 Å². The number of aromatic nitrogens is 2. The van der Waals surface area contributed by atoms with Crippen LogP contribution in [0.1, 0.15) is 34.6 Å². The van der Waals surface area contributed by atoms with E-state index in [1.165, 1.54) is 24.2 Å². The van der Waals surface area contributed by atoms with Crippen LogP contribution in [0.25, 0.3) is 0 Å². The van der Waals surface area contributed by atoms with Crippen molar-refractivity contribution in [1.82, 2.24) is 19.8 Å². The average molecular weight is 485 g/mol. The lowest BCUT2D eigenvalue weighted by molar-refractivity contribution is 0.0591. The lowest BCUT2D eigenvalue weighted by Crippen LogP contribution is -2.50. The number of amides is 1. The zero-order valence-electron chi connectivity index (χ0n) is 18.3. The molecule has 3 aromatic rings. The molecule has 0 N–H and O–H groups in total. The van der Waals surface area contributed by atoms with E-state index in [-0.39, 0.29) is 33.6 Å². The SMILES string of the molecule is CCS(=O)(=O)c1ncc(Cl)c(C(=O)N2CCN(C(c3ccccc3)c3ccccc3)CC2)n1. The fourth-order valence-electron chi connectivity index (χ4n) is 4.00. The van der Waals surface area contributed by atoms with E-state index in [9.17, 15) is 13.2 Å². The molecule has 7 nitrogen and oxygen atoms in total. The van der Waals surface area contributed by atoms with Crippen LogP contribution in [0.5, 0.6) is 0 Å². The number of hydrogen-bond donors (Lipinski definition) is 0. The van der Waals surface area contributed by atoms with Gasteiger partial charge in [-0.05, 0) is 11.1 Å². The molecular formula is C24H25ClN4O3S. The monoisotopic (exact) mass is 484 g/mol. The maximum Gasteiger partial charge on any atom is 0.274 e. The van der Waals surface area contributed by atoms with E-state index in [0.717, 1.165) is 0 Å². The van der Waals surface area contributed by atoms with E-state index < -0.39 is 9.84 Å². The number of halogens is 1. The lowest BCUT2D eigenvalue weighted by atomic mass is 9.96. The summed E-state index contributed by atoms with van der Waals surface area (Å²) >= 11 is 6.17. The van der Waals surface area contributed by atoms with Gasteiger partial charge in [0.2, 0.25) is 15.0 Å². The van der Waals surface area contributed by atoms with Crippen LogP contribution >= 0.6 is 11.6 Å². The van der Waals surface area contributed by atoms with Crippen molar-refractivity contribution in [3.63, 3.8) is 0 Å². The van der Waals surface area contributed by atoms with Crippen LogP contribution in [-0.2, 0) is 9.84 Å². The van der Waals surface area contributed by atoms with Gasteiger partial charge in [0.05, 0.1) is 23.0 Å². The number of carbonyl (C=O) groups excluding carboxylic acids is 1. The first-order valence-corrected chi connectivity index (χ1v) is 12.8. The van der Waals surface area contributed by atoms with Crippen LogP contribution in [0.15, 0.2) is 72.0 Å². The molecule has 1 amide bonds. The molecule has 33 heavy (non-hydrogen) atoms. The molecule has 0 radical (unpaired) electrons. The first-order chi connectivity index (χ1) is 15.9. The second kappa shape index (κ2) is 9.99. The predicted octanol–water partition coefficient (Wildman–Crippen LogP) is 3.47. The Morgan fingerprint density at radius 1 is 0.970 bits per heavy atom. The van der Waals surface area contributed by atoms with Crippen molar-refractivity contribution in [3.05, 3.63) is 88.7 Å². The molecule has 1 aromatic heterocycles. The molecule has 0 atom stereocenters. The van der Waals surface area contributed by atoms with Crippen LogP contribution in [0.4, 0.5) is 0 Å². The van der Waals surface area contributed by atoms with Gasteiger partial charge >= 0.3 is 0 Å². The summed E-state index contributed by atoms with van der Waals surface area (Å²) in [6.07, 6.45) is 1.18. The van der Waals surface area contributed by atoms with Gasteiger partial charge in [0, 0.05) is 26.2 Å². The molecule has 4 rings (SSSR count). The third-order valence-corrected chi connectivity index (χ3v) is 7.57. The van der Waals surface area contributed by atoms with Crippen molar-refractivity contribution < 1.29 is 13.2 Å². The molecule has 0 unspecified atom stereocenters. The number of rotatable bonds is 6. The summed E-state index contributed by atoms with van der Waals surface area (Å²) in [5, 5.41) is -0.325. The summed E-state index contributed by atoms with van der Waals surface area (Å²) in [7, 11) is -3.64. The molecule has 0 bridgehead atoms. The van der Waals surface area contributed by atoms with Crippen LogP contribution in [0.2, 0.25) is 5.02 Å². The second-order valence-electron chi connectivity index (χ2n) is 7.80. The van der Waals surface area contributed by atoms with Crippen LogP contribution in [0.3, 0.4) is 0 Å². The van der Waals surface area contributed by atoms with Gasteiger partial charge in [-0.3, -0.25) is 9.69 Å². The molecule has 1 saturated heterocycles. The number of hydrogen-bond acceptors (Lipinski definition) is 6. The van der Waals surface area contributed by atoms with Crippen molar-refractivity contribution in [2.45, 2.75) is 18.1 Å². The highest BCUT2D eigenvalue weighted by Crippen LogP contribution is 2.30. The summed E-state index contributed by atoms with van der Waals surface area (Å²) < 4.78 is 24.3. The molecule has 0 saturated carbocycles. The topological polar surface area (TPSA) is 83.5 Å². The number of piperazine rings is 1. The standard InChI is InChI=1S/C24H25ClN4O3S/c1-2-33(31,32)24-26-17-20(25)21(27-24)23(30)29-15-13-28(14-16-29)22(18-9-5-3-6-10-18)19-11-7-4-8-12-19/h3-12,17,22H,2,13-16H2,1H3. The number of sulfone groups is 1. The quantitative estimate of drug-likeness (QED) is 0.498. The van der Waals surface area contributed by atoms with Gasteiger partial charge in [0.25, 0.3) is 5.91 Å². The zero-order valence-corrected chi connectivity index (χ0v) is 19.8. The maximum absolute atomic E-state index is 13.1. The Labute approximate surface area is 199 Å². The third kappa shape index (κ3) is 5.08. The smallest absolute Gasteiger partial charge is 0.274 e. The molecule has 1 fully saturated rings. The molecule has 1 aliphatic rings. The van der Waals surface area contributed by atoms with Gasteiger partial charge in [0.1, 0.15) is 0 Å². The van der Waals surface area contributed by atoms with E-state index in [2.05, 4.69) is 39.1 Å². The van der Waals surface area contributed by atoms with Gasteiger partial charge in [-0.1, -0.05) is 79.2 Å². The highest BCUT2D eigenvalue weighted by molar-refractivity contribution is 7.91. The Kier molecular flexibility index (Phi) is 7.07. The van der Waals surface area contributed by atoms with Crippen molar-refractivity contribution in [1.29, 1.82) is 0 Å². The fourth-order valence-corrected chi connectivity index (χ4v) is 4.87. The molecular weight excluding hydrogens is 460 g/mol. The van der Waals surface area contributed by atoms with E-state index in [1.807, 2.05) is 36.4 Å². The molecule has 1 aliphatic heterocycles. The van der Waals surface area contributed by atoms with Crippen molar-refractivity contribution in [2.75, 3.05) is 31.9 Å². The highest BCUT2D eigenvalue weighted by Gasteiger charge is 2.30. The summed E-state index contributed by atoms with van der Waals surface area (Å²) in [5.41, 5.74) is 2.31. The number of benzene rings is 2. The Hall–Kier alpha value is -2.81. The normalized spacial score (nSPS) is 15.1. The minimum absolute atomic E-state index is 0.0453. The number of nitrogens with zero attached hydrogens (tertiary/aromatic N) is 4. The summed E-state index contributed by atoms with van der Waals surface area (Å²) in [4.78, 5) is 25.0. The van der Waals surface area contributed by atoms with Gasteiger partial charge in [-0.15, -0.1) is 0 Å². The Balaban J connectivity index is 1.54. The molecule has 172 valence electrons. The third-order valence-electron chi connectivity index (χ3n) is 5.78. The van der Waals surface area contributed by atoms with E-state index in [0.29, 0.717) is 26.2 Å². The molecule has 2 aromatic carbocycles.